The van der Waals surface area contributed by atoms with Crippen LogP contribution < -0.4 is 5.73 Å². The number of rotatable bonds is 2. The molecule has 0 saturated heterocycles. The highest BCUT2D eigenvalue weighted by atomic mass is 79.9. The summed E-state index contributed by atoms with van der Waals surface area (Å²) in [5.41, 5.74) is 7.73. The first-order chi connectivity index (χ1) is 7.61. The fraction of sp³-hybridized carbons (Fsp3) is 0.273. The van der Waals surface area contributed by atoms with Crippen LogP contribution in [-0.2, 0) is 6.42 Å². The highest BCUT2D eigenvalue weighted by Crippen LogP contribution is 2.24. The second-order valence-corrected chi connectivity index (χ2v) is 4.24. The van der Waals surface area contributed by atoms with Crippen LogP contribution in [0.4, 0.5) is 5.82 Å². The van der Waals surface area contributed by atoms with Gasteiger partial charge in [-0.15, -0.1) is 0 Å². The molecule has 5 heteroatoms. The average Bonchev–Trinajstić information content (AvgIpc) is 2.69. The first-order valence-electron chi connectivity index (χ1n) is 5.00. The van der Waals surface area contributed by atoms with Crippen LogP contribution in [0.25, 0.3) is 11.6 Å². The van der Waals surface area contributed by atoms with E-state index in [1.807, 2.05) is 19.9 Å². The number of anilines is 1. The Balaban J connectivity index is 2.54. The zero-order chi connectivity index (χ0) is 11.7. The molecule has 2 aromatic rings. The lowest BCUT2D eigenvalue weighted by Crippen LogP contribution is -2.03. The van der Waals surface area contributed by atoms with Gasteiger partial charge in [0.15, 0.2) is 16.3 Å². The van der Waals surface area contributed by atoms with Gasteiger partial charge >= 0.3 is 0 Å². The molecule has 84 valence electrons. The number of aryl methyl sites for hydroxylation is 1. The van der Waals surface area contributed by atoms with E-state index in [0.717, 1.165) is 17.7 Å². The Morgan fingerprint density at radius 2 is 2.12 bits per heavy atom. The van der Waals surface area contributed by atoms with Crippen molar-refractivity contribution in [1.82, 2.24) is 9.97 Å². The molecule has 0 atom stereocenters. The first-order valence-corrected chi connectivity index (χ1v) is 5.79. The molecule has 4 nitrogen and oxygen atoms in total. The van der Waals surface area contributed by atoms with Gasteiger partial charge in [0.1, 0.15) is 5.82 Å². The molecule has 0 radical (unpaired) electrons. The Morgan fingerprint density at radius 1 is 1.38 bits per heavy atom. The van der Waals surface area contributed by atoms with Crippen LogP contribution >= 0.6 is 15.9 Å². The van der Waals surface area contributed by atoms with Crippen molar-refractivity contribution in [3.05, 3.63) is 28.1 Å². The average molecular weight is 282 g/mol. The van der Waals surface area contributed by atoms with Crippen molar-refractivity contribution in [2.75, 3.05) is 5.73 Å². The van der Waals surface area contributed by atoms with Crippen molar-refractivity contribution in [1.29, 1.82) is 0 Å². The van der Waals surface area contributed by atoms with E-state index in [1.54, 1.807) is 6.07 Å². The van der Waals surface area contributed by atoms with E-state index in [0.29, 0.717) is 22.1 Å². The van der Waals surface area contributed by atoms with Gasteiger partial charge in [0.25, 0.3) is 0 Å². The van der Waals surface area contributed by atoms with Gasteiger partial charge in [0.2, 0.25) is 0 Å². The van der Waals surface area contributed by atoms with Crippen molar-refractivity contribution < 1.29 is 4.42 Å². The van der Waals surface area contributed by atoms with Gasteiger partial charge in [-0.05, 0) is 41.4 Å². The minimum atomic E-state index is 0.509. The molecule has 0 unspecified atom stereocenters. The monoisotopic (exact) mass is 281 g/mol. The second-order valence-electron chi connectivity index (χ2n) is 3.46. The largest absolute Gasteiger partial charge is 0.446 e. The number of aromatic nitrogens is 2. The number of nitrogen functional groups attached to an aromatic ring is 1. The molecule has 0 aliphatic heterocycles. The summed E-state index contributed by atoms with van der Waals surface area (Å²) in [6, 6.07) is 3.62. The molecule has 2 aromatic heterocycles. The summed E-state index contributed by atoms with van der Waals surface area (Å²) >= 11 is 3.24. The predicted molar refractivity (Wildman–Crippen MR) is 66.0 cm³/mol. The Labute approximate surface area is 102 Å². The number of nitrogens with two attached hydrogens (primary N) is 1. The van der Waals surface area contributed by atoms with E-state index in [1.165, 1.54) is 0 Å². The molecular formula is C11H12BrN3O. The van der Waals surface area contributed by atoms with Crippen molar-refractivity contribution in [3.8, 4) is 11.6 Å². The highest BCUT2D eigenvalue weighted by Gasteiger charge is 2.11. The SMILES string of the molecule is CCc1nc(-c2ccc(Br)o2)nc(N)c1C. The Bertz CT molecular complexity index is 522. The highest BCUT2D eigenvalue weighted by molar-refractivity contribution is 9.10. The first kappa shape index (κ1) is 11.1. The molecule has 0 aliphatic carbocycles. The molecule has 0 spiro atoms. The van der Waals surface area contributed by atoms with Crippen LogP contribution in [-0.4, -0.2) is 9.97 Å². The van der Waals surface area contributed by atoms with Gasteiger partial charge in [-0.3, -0.25) is 0 Å². The van der Waals surface area contributed by atoms with Gasteiger partial charge in [0.05, 0.1) is 0 Å². The lowest BCUT2D eigenvalue weighted by Gasteiger charge is -2.06. The number of halogens is 1. The Kier molecular flexibility index (Phi) is 2.96. The quantitative estimate of drug-likeness (QED) is 0.919. The maximum absolute atomic E-state index is 5.84. The third kappa shape index (κ3) is 1.95. The molecule has 2 N–H and O–H groups in total. The normalized spacial score (nSPS) is 10.7. The summed E-state index contributed by atoms with van der Waals surface area (Å²) in [5.74, 6) is 1.66. The van der Waals surface area contributed by atoms with E-state index >= 15 is 0 Å². The third-order valence-electron chi connectivity index (χ3n) is 2.41. The van der Waals surface area contributed by atoms with Crippen LogP contribution in [0.3, 0.4) is 0 Å². The van der Waals surface area contributed by atoms with Crippen molar-refractivity contribution in [2.45, 2.75) is 20.3 Å². The fourth-order valence-electron chi connectivity index (χ4n) is 1.47. The zero-order valence-electron chi connectivity index (χ0n) is 9.12. The van der Waals surface area contributed by atoms with Crippen LogP contribution in [0, 0.1) is 6.92 Å². The Hall–Kier alpha value is -1.36. The fourth-order valence-corrected chi connectivity index (χ4v) is 1.78. The van der Waals surface area contributed by atoms with Crippen molar-refractivity contribution >= 4 is 21.7 Å². The molecule has 2 heterocycles. The van der Waals surface area contributed by atoms with Gasteiger partial charge in [-0.2, -0.15) is 0 Å². The van der Waals surface area contributed by atoms with Crippen LogP contribution in [0.2, 0.25) is 0 Å². The molecule has 0 aromatic carbocycles. The minimum absolute atomic E-state index is 0.509. The summed E-state index contributed by atoms with van der Waals surface area (Å²) in [6.07, 6.45) is 0.827. The summed E-state index contributed by atoms with van der Waals surface area (Å²) in [5, 5.41) is 0. The number of hydrogen-bond acceptors (Lipinski definition) is 4. The lowest BCUT2D eigenvalue weighted by atomic mass is 10.2. The summed E-state index contributed by atoms with van der Waals surface area (Å²) in [7, 11) is 0. The van der Waals surface area contributed by atoms with E-state index in [4.69, 9.17) is 10.2 Å². The maximum Gasteiger partial charge on any atom is 0.197 e. The summed E-state index contributed by atoms with van der Waals surface area (Å²) in [4.78, 5) is 8.65. The predicted octanol–water partition coefficient (Wildman–Crippen LogP) is 2.95. The van der Waals surface area contributed by atoms with Crippen molar-refractivity contribution in [2.24, 2.45) is 0 Å². The van der Waals surface area contributed by atoms with E-state index < -0.39 is 0 Å². The standard InChI is InChI=1S/C11H12BrN3O/c1-3-7-6(2)10(13)15-11(14-7)8-4-5-9(12)16-8/h4-5H,3H2,1-2H3,(H2,13,14,15). The lowest BCUT2D eigenvalue weighted by molar-refractivity contribution is 0.551. The van der Waals surface area contributed by atoms with Crippen LogP contribution in [0.5, 0.6) is 0 Å². The molecule has 0 fully saturated rings. The molecule has 0 amide bonds. The van der Waals surface area contributed by atoms with E-state index in [9.17, 15) is 0 Å². The zero-order valence-corrected chi connectivity index (χ0v) is 10.7. The molecule has 0 bridgehead atoms. The third-order valence-corrected chi connectivity index (χ3v) is 2.84. The number of furan rings is 1. The minimum Gasteiger partial charge on any atom is -0.446 e. The van der Waals surface area contributed by atoms with Gasteiger partial charge < -0.3 is 10.2 Å². The molecular weight excluding hydrogens is 270 g/mol. The smallest absolute Gasteiger partial charge is 0.197 e. The Morgan fingerprint density at radius 3 is 2.69 bits per heavy atom. The summed E-state index contributed by atoms with van der Waals surface area (Å²) in [6.45, 7) is 3.96. The summed E-state index contributed by atoms with van der Waals surface area (Å²) < 4.78 is 6.06. The second kappa shape index (κ2) is 4.25. The molecule has 0 aliphatic rings. The van der Waals surface area contributed by atoms with Crippen LogP contribution in [0.15, 0.2) is 21.2 Å². The van der Waals surface area contributed by atoms with Crippen molar-refractivity contribution in [3.63, 3.8) is 0 Å². The van der Waals surface area contributed by atoms with E-state index in [-0.39, 0.29) is 0 Å². The van der Waals surface area contributed by atoms with E-state index in [2.05, 4.69) is 25.9 Å². The molecule has 16 heavy (non-hydrogen) atoms. The number of nitrogens with zero attached hydrogens (tertiary/aromatic N) is 2. The van der Waals surface area contributed by atoms with Gasteiger partial charge in [-0.25, -0.2) is 9.97 Å². The van der Waals surface area contributed by atoms with Gasteiger partial charge in [-0.1, -0.05) is 6.92 Å². The van der Waals surface area contributed by atoms with Crippen LogP contribution in [0.1, 0.15) is 18.2 Å². The number of hydrogen-bond donors (Lipinski definition) is 1. The molecule has 2 rings (SSSR count). The van der Waals surface area contributed by atoms with Gasteiger partial charge in [0, 0.05) is 11.3 Å². The topological polar surface area (TPSA) is 64.9 Å². The molecule has 0 saturated carbocycles. The maximum atomic E-state index is 5.84.